The normalized spacial score (nSPS) is 12.4. The molecule has 0 aromatic carbocycles. The molecule has 0 aliphatic heterocycles. The molecule has 4 heteroatoms. The Morgan fingerprint density at radius 1 is 0.246 bits per heavy atom. The minimum Gasteiger partial charge on any atom is -0.481 e. The molecule has 0 aromatic heterocycles. The number of carboxylic acids is 2. The lowest BCUT2D eigenvalue weighted by Gasteiger charge is -2.12. The average Bonchev–Trinajstić information content (AvgIpc) is 3.20. The second kappa shape index (κ2) is 51.1. The molecule has 0 saturated carbocycles. The van der Waals surface area contributed by atoms with Crippen LogP contribution in [0.15, 0.2) is 0 Å². The van der Waals surface area contributed by atoms with Gasteiger partial charge in [0.05, 0.1) is 11.8 Å². The summed E-state index contributed by atoms with van der Waals surface area (Å²) in [7, 11) is 0. The molecule has 0 bridgehead atoms. The predicted molar refractivity (Wildman–Crippen MR) is 253 cm³/mol. The monoisotopic (exact) mass is 807 g/mol. The van der Waals surface area contributed by atoms with Crippen molar-refractivity contribution in [3.63, 3.8) is 0 Å². The van der Waals surface area contributed by atoms with E-state index in [1.165, 1.54) is 238 Å². The van der Waals surface area contributed by atoms with Gasteiger partial charge in [-0.1, -0.05) is 291 Å². The summed E-state index contributed by atoms with van der Waals surface area (Å²) >= 11 is 0. The van der Waals surface area contributed by atoms with Crippen LogP contribution in [0.1, 0.15) is 317 Å². The van der Waals surface area contributed by atoms with Crippen molar-refractivity contribution in [3.8, 4) is 0 Å². The lowest BCUT2D eigenvalue weighted by molar-refractivity contribution is -0.143. The number of unbranched alkanes of at least 4 members (excludes halogenated alkanes) is 37. The van der Waals surface area contributed by atoms with E-state index in [9.17, 15) is 19.8 Å². The molecule has 0 aliphatic carbocycles. The molecule has 2 unspecified atom stereocenters. The predicted octanol–water partition coefficient (Wildman–Crippen LogP) is 19.0. The van der Waals surface area contributed by atoms with Gasteiger partial charge in [-0.05, 0) is 25.7 Å². The standard InChI is InChI=1S/C28H56O2.C25H50O2/c1-3-5-7-9-11-13-15-16-18-20-22-24-26-27(28(29)30)25-23-21-19-17-14-12-10-8-6-4-2;1-3-5-7-8-9-10-11-12-13-14-15-16-17-18-19-21-23-24(25(26)27)22-20-6-4-2/h27H,3-26H2,1-2H3,(H,29,30);24H,3-23H2,1-2H3,(H,26,27). The van der Waals surface area contributed by atoms with Gasteiger partial charge in [0.15, 0.2) is 0 Å². The number of hydrogen-bond acceptors (Lipinski definition) is 2. The van der Waals surface area contributed by atoms with Crippen molar-refractivity contribution in [1.82, 2.24) is 0 Å². The fourth-order valence-electron chi connectivity index (χ4n) is 8.47. The van der Waals surface area contributed by atoms with E-state index < -0.39 is 11.9 Å². The van der Waals surface area contributed by atoms with Crippen LogP contribution in [0.2, 0.25) is 0 Å². The Labute approximate surface area is 359 Å². The van der Waals surface area contributed by atoms with Crippen LogP contribution < -0.4 is 0 Å². The molecule has 57 heavy (non-hydrogen) atoms. The highest BCUT2D eigenvalue weighted by Crippen LogP contribution is 2.22. The molecule has 0 saturated heterocycles. The molecular weight excluding hydrogens is 701 g/mol. The van der Waals surface area contributed by atoms with E-state index in [4.69, 9.17) is 0 Å². The van der Waals surface area contributed by atoms with Crippen molar-refractivity contribution >= 4 is 11.9 Å². The van der Waals surface area contributed by atoms with Crippen LogP contribution in [-0.4, -0.2) is 22.2 Å². The van der Waals surface area contributed by atoms with Gasteiger partial charge < -0.3 is 10.2 Å². The SMILES string of the molecule is CCCCCCCCCCCCCCC(CCCCCCCCCCCC)C(=O)O.CCCCCCCCCCCCCCCCCCC(CCCCC)C(=O)O. The lowest BCUT2D eigenvalue weighted by atomic mass is 9.94. The quantitative estimate of drug-likeness (QED) is 0.0601. The fourth-order valence-corrected chi connectivity index (χ4v) is 8.47. The molecule has 0 fully saturated rings. The van der Waals surface area contributed by atoms with E-state index in [1.54, 1.807) is 0 Å². The molecule has 2 N–H and O–H groups in total. The number of rotatable bonds is 47. The Hall–Kier alpha value is -1.06. The van der Waals surface area contributed by atoms with Crippen LogP contribution in [0.3, 0.4) is 0 Å². The number of carbonyl (C=O) groups is 2. The molecule has 0 spiro atoms. The molecule has 0 aromatic rings. The highest BCUT2D eigenvalue weighted by atomic mass is 16.4. The Morgan fingerprint density at radius 2 is 0.368 bits per heavy atom. The van der Waals surface area contributed by atoms with Gasteiger partial charge >= 0.3 is 11.9 Å². The highest BCUT2D eigenvalue weighted by Gasteiger charge is 2.17. The zero-order chi connectivity index (χ0) is 42.1. The van der Waals surface area contributed by atoms with Crippen molar-refractivity contribution in [3.05, 3.63) is 0 Å². The molecule has 0 heterocycles. The number of hydrogen-bond donors (Lipinski definition) is 2. The summed E-state index contributed by atoms with van der Waals surface area (Å²) in [5, 5.41) is 18.8. The molecule has 342 valence electrons. The summed E-state index contributed by atoms with van der Waals surface area (Å²) in [6.45, 7) is 8.99. The number of carboxylic acid groups (broad SMARTS) is 2. The van der Waals surface area contributed by atoms with Gasteiger partial charge in [0.2, 0.25) is 0 Å². The van der Waals surface area contributed by atoms with E-state index in [0.29, 0.717) is 0 Å². The zero-order valence-electron chi connectivity index (χ0n) is 39.7. The second-order valence-electron chi connectivity index (χ2n) is 18.3. The third-order valence-corrected chi connectivity index (χ3v) is 12.6. The molecule has 0 radical (unpaired) electrons. The summed E-state index contributed by atoms with van der Waals surface area (Å²) in [5.74, 6) is -1.33. The minimum atomic E-state index is -0.577. The van der Waals surface area contributed by atoms with Crippen molar-refractivity contribution in [1.29, 1.82) is 0 Å². The summed E-state index contributed by atoms with van der Waals surface area (Å²) in [5.41, 5.74) is 0. The van der Waals surface area contributed by atoms with Crippen molar-refractivity contribution in [2.45, 2.75) is 317 Å². The topological polar surface area (TPSA) is 74.6 Å². The van der Waals surface area contributed by atoms with Crippen LogP contribution in [0.5, 0.6) is 0 Å². The molecule has 0 aliphatic rings. The van der Waals surface area contributed by atoms with Gasteiger partial charge in [-0.3, -0.25) is 9.59 Å². The molecular formula is C53H106O4. The average molecular weight is 807 g/mol. The maximum atomic E-state index is 11.5. The molecule has 0 amide bonds. The van der Waals surface area contributed by atoms with E-state index in [2.05, 4.69) is 27.7 Å². The van der Waals surface area contributed by atoms with Gasteiger partial charge in [0.1, 0.15) is 0 Å². The van der Waals surface area contributed by atoms with Gasteiger partial charge in [-0.2, -0.15) is 0 Å². The molecule has 0 rings (SSSR count). The first-order valence-electron chi connectivity index (χ1n) is 26.4. The first-order valence-corrected chi connectivity index (χ1v) is 26.4. The van der Waals surface area contributed by atoms with Crippen molar-refractivity contribution in [2.75, 3.05) is 0 Å². The first kappa shape index (κ1) is 58.0. The summed E-state index contributed by atoms with van der Waals surface area (Å²) in [4.78, 5) is 22.8. The molecule has 2 atom stereocenters. The zero-order valence-corrected chi connectivity index (χ0v) is 39.7. The third-order valence-electron chi connectivity index (χ3n) is 12.6. The van der Waals surface area contributed by atoms with E-state index in [1.807, 2.05) is 0 Å². The van der Waals surface area contributed by atoms with Gasteiger partial charge in [-0.15, -0.1) is 0 Å². The summed E-state index contributed by atoms with van der Waals surface area (Å²) in [6.07, 6.45) is 58.2. The van der Waals surface area contributed by atoms with Crippen LogP contribution >= 0.6 is 0 Å². The Bertz CT molecular complexity index is 766. The van der Waals surface area contributed by atoms with Crippen LogP contribution in [-0.2, 0) is 9.59 Å². The van der Waals surface area contributed by atoms with Gasteiger partial charge in [0, 0.05) is 0 Å². The van der Waals surface area contributed by atoms with Crippen LogP contribution in [0.4, 0.5) is 0 Å². The maximum Gasteiger partial charge on any atom is 0.306 e. The van der Waals surface area contributed by atoms with Crippen LogP contribution in [0, 0.1) is 11.8 Å². The number of aliphatic carboxylic acids is 2. The van der Waals surface area contributed by atoms with E-state index in [0.717, 1.165) is 51.4 Å². The second-order valence-corrected chi connectivity index (χ2v) is 18.3. The minimum absolute atomic E-state index is 0.0943. The Kier molecular flexibility index (Phi) is 52.0. The maximum absolute atomic E-state index is 11.5. The summed E-state index contributed by atoms with van der Waals surface area (Å²) in [6, 6.07) is 0. The highest BCUT2D eigenvalue weighted by molar-refractivity contribution is 5.70. The van der Waals surface area contributed by atoms with Crippen molar-refractivity contribution < 1.29 is 19.8 Å². The fraction of sp³-hybridized carbons (Fsp3) is 0.962. The Morgan fingerprint density at radius 3 is 0.526 bits per heavy atom. The first-order chi connectivity index (χ1) is 27.9. The Balaban J connectivity index is 0. The smallest absolute Gasteiger partial charge is 0.306 e. The molecule has 4 nitrogen and oxygen atoms in total. The van der Waals surface area contributed by atoms with Crippen LogP contribution in [0.25, 0.3) is 0 Å². The van der Waals surface area contributed by atoms with E-state index >= 15 is 0 Å². The summed E-state index contributed by atoms with van der Waals surface area (Å²) < 4.78 is 0. The lowest BCUT2D eigenvalue weighted by Crippen LogP contribution is -2.13. The largest absolute Gasteiger partial charge is 0.481 e. The van der Waals surface area contributed by atoms with Gasteiger partial charge in [0.25, 0.3) is 0 Å². The van der Waals surface area contributed by atoms with Gasteiger partial charge in [-0.25, -0.2) is 0 Å². The van der Waals surface area contributed by atoms with E-state index in [-0.39, 0.29) is 11.8 Å². The van der Waals surface area contributed by atoms with Crippen molar-refractivity contribution in [2.24, 2.45) is 11.8 Å². The third kappa shape index (κ3) is 49.2.